The second kappa shape index (κ2) is 8.39. The van der Waals surface area contributed by atoms with E-state index in [0.717, 1.165) is 6.07 Å². The van der Waals surface area contributed by atoms with Crippen LogP contribution < -0.4 is 15.4 Å². The van der Waals surface area contributed by atoms with Gasteiger partial charge >= 0.3 is 6.09 Å². The van der Waals surface area contributed by atoms with E-state index >= 15 is 0 Å². The summed E-state index contributed by atoms with van der Waals surface area (Å²) in [6.45, 7) is 5.22. The average molecular weight is 439 g/mol. The molecule has 0 aliphatic heterocycles. The maximum atomic E-state index is 13.6. The highest BCUT2D eigenvalue weighted by molar-refractivity contribution is 9.10. The molecule has 0 aromatic heterocycles. The summed E-state index contributed by atoms with van der Waals surface area (Å²) in [6, 6.07) is 8.58. The van der Waals surface area contributed by atoms with E-state index in [2.05, 4.69) is 26.6 Å². The van der Waals surface area contributed by atoms with Crippen LogP contribution in [0.5, 0.6) is 5.75 Å². The van der Waals surface area contributed by atoms with Crippen molar-refractivity contribution >= 4 is 39.3 Å². The highest BCUT2D eigenvalue weighted by Gasteiger charge is 2.18. The van der Waals surface area contributed by atoms with Crippen molar-refractivity contribution in [3.8, 4) is 5.75 Å². The van der Waals surface area contributed by atoms with E-state index in [4.69, 9.17) is 9.47 Å². The third-order valence-corrected chi connectivity index (χ3v) is 3.69. The number of hydrogen-bond donors (Lipinski definition) is 2. The fourth-order valence-corrected chi connectivity index (χ4v) is 2.62. The Labute approximate surface area is 165 Å². The summed E-state index contributed by atoms with van der Waals surface area (Å²) in [5, 5.41) is 5.23. The zero-order valence-corrected chi connectivity index (χ0v) is 16.9. The lowest BCUT2D eigenvalue weighted by Gasteiger charge is -2.20. The Morgan fingerprint density at radius 1 is 1.04 bits per heavy atom. The van der Waals surface area contributed by atoms with Crippen molar-refractivity contribution in [1.29, 1.82) is 0 Å². The smallest absolute Gasteiger partial charge is 0.412 e. The van der Waals surface area contributed by atoms with E-state index in [1.807, 2.05) is 0 Å². The fourth-order valence-electron chi connectivity index (χ4n) is 2.16. The van der Waals surface area contributed by atoms with Gasteiger partial charge in [0.1, 0.15) is 17.2 Å². The molecule has 0 saturated heterocycles. The topological polar surface area (TPSA) is 76.7 Å². The van der Waals surface area contributed by atoms with E-state index in [9.17, 15) is 14.0 Å². The minimum atomic E-state index is -0.673. The molecule has 2 N–H and O–H groups in total. The predicted octanol–water partition coefficient (Wildman–Crippen LogP) is 5.20. The molecule has 8 heteroatoms. The van der Waals surface area contributed by atoms with Crippen molar-refractivity contribution in [2.45, 2.75) is 26.4 Å². The van der Waals surface area contributed by atoms with Crippen LogP contribution in [0.3, 0.4) is 0 Å². The lowest BCUT2D eigenvalue weighted by atomic mass is 10.2. The minimum absolute atomic E-state index is 0.118. The van der Waals surface area contributed by atoms with Gasteiger partial charge in [0.05, 0.1) is 18.5 Å². The molecule has 0 fully saturated rings. The summed E-state index contributed by atoms with van der Waals surface area (Å²) >= 11 is 3.15. The molecule has 0 bridgehead atoms. The molecule has 2 aromatic rings. The van der Waals surface area contributed by atoms with Crippen molar-refractivity contribution in [2.24, 2.45) is 0 Å². The van der Waals surface area contributed by atoms with Crippen molar-refractivity contribution in [3.63, 3.8) is 0 Å². The van der Waals surface area contributed by atoms with Gasteiger partial charge in [-0.25, -0.2) is 9.18 Å². The van der Waals surface area contributed by atoms with E-state index in [-0.39, 0.29) is 11.3 Å². The first-order valence-electron chi connectivity index (χ1n) is 8.03. The lowest BCUT2D eigenvalue weighted by molar-refractivity contribution is 0.0635. The molecule has 2 amide bonds. The normalized spacial score (nSPS) is 10.9. The minimum Gasteiger partial charge on any atom is -0.497 e. The molecule has 0 spiro atoms. The molecule has 2 rings (SSSR count). The number of ether oxygens (including phenoxy) is 2. The molecule has 144 valence electrons. The number of hydrogen-bond acceptors (Lipinski definition) is 4. The van der Waals surface area contributed by atoms with E-state index in [1.165, 1.54) is 19.2 Å². The van der Waals surface area contributed by atoms with Crippen LogP contribution in [0.1, 0.15) is 31.1 Å². The van der Waals surface area contributed by atoms with Gasteiger partial charge in [-0.3, -0.25) is 10.1 Å². The number of carbonyl (C=O) groups is 2. The van der Waals surface area contributed by atoms with Gasteiger partial charge in [-0.15, -0.1) is 0 Å². The number of rotatable bonds is 4. The summed E-state index contributed by atoms with van der Waals surface area (Å²) in [6.07, 6.45) is -0.670. The van der Waals surface area contributed by atoms with Gasteiger partial charge in [0, 0.05) is 16.1 Å². The van der Waals surface area contributed by atoms with Crippen molar-refractivity contribution in [1.82, 2.24) is 0 Å². The third kappa shape index (κ3) is 6.25. The van der Waals surface area contributed by atoms with Gasteiger partial charge in [0.25, 0.3) is 5.91 Å². The number of carbonyl (C=O) groups excluding carboxylic acids is 2. The van der Waals surface area contributed by atoms with Crippen LogP contribution in [0.4, 0.5) is 20.6 Å². The number of nitrogens with one attached hydrogen (secondary N) is 2. The SMILES string of the molecule is COc1ccc(NC(=O)OC(C)(C)C)c(NC(=O)c2cc(F)cc(Br)c2)c1. The Morgan fingerprint density at radius 3 is 2.33 bits per heavy atom. The van der Waals surface area contributed by atoms with E-state index in [0.29, 0.717) is 15.9 Å². The monoisotopic (exact) mass is 438 g/mol. The van der Waals surface area contributed by atoms with Crippen molar-refractivity contribution < 1.29 is 23.5 Å². The first-order chi connectivity index (χ1) is 12.6. The highest BCUT2D eigenvalue weighted by Crippen LogP contribution is 2.28. The summed E-state index contributed by atoms with van der Waals surface area (Å²) in [5.41, 5.74) is 0.0424. The molecule has 0 atom stereocenters. The number of halogens is 2. The Hall–Kier alpha value is -2.61. The number of amides is 2. The molecule has 27 heavy (non-hydrogen) atoms. The fraction of sp³-hybridized carbons (Fsp3) is 0.263. The lowest BCUT2D eigenvalue weighted by Crippen LogP contribution is -2.27. The Kier molecular flexibility index (Phi) is 6.43. The third-order valence-electron chi connectivity index (χ3n) is 3.24. The predicted molar refractivity (Wildman–Crippen MR) is 105 cm³/mol. The largest absolute Gasteiger partial charge is 0.497 e. The Morgan fingerprint density at radius 2 is 1.74 bits per heavy atom. The molecule has 2 aromatic carbocycles. The maximum absolute atomic E-state index is 13.6. The molecule has 0 aliphatic carbocycles. The van der Waals surface area contributed by atoms with E-state index < -0.39 is 23.4 Å². The summed E-state index contributed by atoms with van der Waals surface area (Å²) in [7, 11) is 1.48. The molecule has 6 nitrogen and oxygen atoms in total. The first-order valence-corrected chi connectivity index (χ1v) is 8.82. The summed E-state index contributed by atoms with van der Waals surface area (Å²) in [5.74, 6) is -0.622. The quantitative estimate of drug-likeness (QED) is 0.687. The van der Waals surface area contributed by atoms with Gasteiger partial charge < -0.3 is 14.8 Å². The number of benzene rings is 2. The number of anilines is 2. The van der Waals surface area contributed by atoms with Crippen molar-refractivity contribution in [2.75, 3.05) is 17.7 Å². The molecule has 0 unspecified atom stereocenters. The van der Waals surface area contributed by atoms with Crippen LogP contribution in [0.15, 0.2) is 40.9 Å². The standard InChI is InChI=1S/C19H20BrFN2O4/c1-19(2,3)27-18(25)23-15-6-5-14(26-4)10-16(15)22-17(24)11-7-12(20)9-13(21)8-11/h5-10H,1-4H3,(H,22,24)(H,23,25). The van der Waals surface area contributed by atoms with E-state index in [1.54, 1.807) is 39.0 Å². The van der Waals surface area contributed by atoms with Gasteiger partial charge in [0.2, 0.25) is 0 Å². The van der Waals surface area contributed by atoms with Crippen LogP contribution in [0.25, 0.3) is 0 Å². The van der Waals surface area contributed by atoms with Crippen LogP contribution in [0, 0.1) is 5.82 Å². The zero-order valence-electron chi connectivity index (χ0n) is 15.4. The zero-order chi connectivity index (χ0) is 20.2. The first kappa shape index (κ1) is 20.7. The molecule has 0 aliphatic rings. The molecular formula is C19H20BrFN2O4. The summed E-state index contributed by atoms with van der Waals surface area (Å²) in [4.78, 5) is 24.5. The number of methoxy groups -OCH3 is 1. The molecule has 0 radical (unpaired) electrons. The van der Waals surface area contributed by atoms with Crippen LogP contribution >= 0.6 is 15.9 Å². The maximum Gasteiger partial charge on any atom is 0.412 e. The highest BCUT2D eigenvalue weighted by atomic mass is 79.9. The second-order valence-electron chi connectivity index (χ2n) is 6.65. The molecular weight excluding hydrogens is 419 g/mol. The van der Waals surface area contributed by atoms with Crippen LogP contribution in [-0.2, 0) is 4.74 Å². The average Bonchev–Trinajstić information content (AvgIpc) is 2.53. The van der Waals surface area contributed by atoms with Gasteiger partial charge in [-0.2, -0.15) is 0 Å². The van der Waals surface area contributed by atoms with Crippen LogP contribution in [0.2, 0.25) is 0 Å². The summed E-state index contributed by atoms with van der Waals surface area (Å²) < 4.78 is 24.4. The van der Waals surface area contributed by atoms with Crippen LogP contribution in [-0.4, -0.2) is 24.7 Å². The second-order valence-corrected chi connectivity index (χ2v) is 7.57. The van der Waals surface area contributed by atoms with Crippen molar-refractivity contribution in [3.05, 3.63) is 52.3 Å². The molecule has 0 saturated carbocycles. The molecule has 0 heterocycles. The Balaban J connectivity index is 2.28. The van der Waals surface area contributed by atoms with Gasteiger partial charge in [-0.05, 0) is 51.1 Å². The van der Waals surface area contributed by atoms with Gasteiger partial charge in [-0.1, -0.05) is 15.9 Å². The Bertz CT molecular complexity index is 845. The van der Waals surface area contributed by atoms with Gasteiger partial charge in [0.15, 0.2) is 0 Å².